The summed E-state index contributed by atoms with van der Waals surface area (Å²) in [6.45, 7) is 0.0659. The van der Waals surface area contributed by atoms with Gasteiger partial charge in [0, 0.05) is 10.8 Å². The maximum absolute atomic E-state index is 14.5. The molecule has 3 rings (SSSR count). The van der Waals surface area contributed by atoms with Crippen molar-refractivity contribution in [3.05, 3.63) is 62.6 Å². The lowest BCUT2D eigenvalue weighted by Gasteiger charge is -2.13. The minimum absolute atomic E-state index is 0.0659. The van der Waals surface area contributed by atoms with Crippen molar-refractivity contribution in [3.63, 3.8) is 0 Å². The van der Waals surface area contributed by atoms with E-state index in [4.69, 9.17) is 5.11 Å². The topological polar surface area (TPSA) is 72.2 Å². The lowest BCUT2D eigenvalue weighted by atomic mass is 10.1. The molecule has 0 aliphatic rings. The van der Waals surface area contributed by atoms with Gasteiger partial charge in [0.25, 0.3) is 0 Å². The number of carbonyl (C=O) groups is 1. The second kappa shape index (κ2) is 5.10. The summed E-state index contributed by atoms with van der Waals surface area (Å²) in [6.07, 6.45) is 0. The highest BCUT2D eigenvalue weighted by molar-refractivity contribution is 7.07. The average molecular weight is 304 g/mol. The zero-order valence-electron chi connectivity index (χ0n) is 10.6. The Balaban J connectivity index is 2.36. The molecule has 106 valence electrons. The number of aromatic carboxylic acids is 1. The van der Waals surface area contributed by atoms with Crippen molar-refractivity contribution in [1.82, 2.24) is 9.55 Å². The van der Waals surface area contributed by atoms with Gasteiger partial charge < -0.3 is 9.67 Å². The minimum Gasteiger partial charge on any atom is -0.477 e. The van der Waals surface area contributed by atoms with Gasteiger partial charge in [-0.25, -0.2) is 9.78 Å². The third-order valence-electron chi connectivity index (χ3n) is 3.13. The van der Waals surface area contributed by atoms with E-state index < -0.39 is 22.9 Å². The van der Waals surface area contributed by atoms with Gasteiger partial charge in [-0.05, 0) is 12.1 Å². The molecule has 5 nitrogen and oxygen atoms in total. The van der Waals surface area contributed by atoms with Gasteiger partial charge in [-0.1, -0.05) is 12.1 Å². The molecule has 0 bridgehead atoms. The summed E-state index contributed by atoms with van der Waals surface area (Å²) in [7, 11) is 0. The standard InChI is InChI=1S/C14H9FN2O3S/c15-13-11(14(19)20)12(18)9-3-1-2-4-10(9)17(13)5-8-6-21-7-16-8/h1-4,6-7H,5H2,(H,19,20). The fourth-order valence-electron chi connectivity index (χ4n) is 2.19. The second-order valence-corrected chi connectivity index (χ2v) is 5.10. The highest BCUT2D eigenvalue weighted by atomic mass is 32.1. The Morgan fingerprint density at radius 2 is 2.14 bits per heavy atom. The smallest absolute Gasteiger partial charge is 0.344 e. The SMILES string of the molecule is O=C(O)c1c(F)n(Cc2cscn2)c2ccccc2c1=O. The van der Waals surface area contributed by atoms with E-state index in [1.807, 2.05) is 0 Å². The quantitative estimate of drug-likeness (QED) is 0.754. The van der Waals surface area contributed by atoms with Crippen LogP contribution in [0.1, 0.15) is 16.1 Å². The van der Waals surface area contributed by atoms with Crippen LogP contribution in [0.5, 0.6) is 0 Å². The third kappa shape index (κ3) is 2.21. The number of thiazole rings is 1. The first-order valence-electron chi connectivity index (χ1n) is 6.01. The number of aromatic nitrogens is 2. The number of pyridine rings is 1. The van der Waals surface area contributed by atoms with Crippen molar-refractivity contribution >= 4 is 28.2 Å². The van der Waals surface area contributed by atoms with E-state index in [0.29, 0.717) is 11.2 Å². The molecule has 0 fully saturated rings. The lowest BCUT2D eigenvalue weighted by molar-refractivity contribution is 0.0688. The monoisotopic (exact) mass is 304 g/mol. The predicted molar refractivity (Wildman–Crippen MR) is 76.3 cm³/mol. The molecule has 0 unspecified atom stereocenters. The highest BCUT2D eigenvalue weighted by Crippen LogP contribution is 2.17. The molecule has 2 heterocycles. The van der Waals surface area contributed by atoms with Crippen LogP contribution in [-0.2, 0) is 6.54 Å². The van der Waals surface area contributed by atoms with Crippen LogP contribution in [0.2, 0.25) is 0 Å². The van der Waals surface area contributed by atoms with E-state index in [0.717, 1.165) is 4.57 Å². The largest absolute Gasteiger partial charge is 0.477 e. The number of benzene rings is 1. The van der Waals surface area contributed by atoms with Crippen molar-refractivity contribution in [3.8, 4) is 0 Å². The molecule has 0 saturated carbocycles. The molecule has 2 aromatic heterocycles. The zero-order chi connectivity index (χ0) is 15.0. The van der Waals surface area contributed by atoms with Gasteiger partial charge in [0.2, 0.25) is 11.4 Å². The van der Waals surface area contributed by atoms with E-state index in [1.165, 1.54) is 17.4 Å². The summed E-state index contributed by atoms with van der Waals surface area (Å²) in [5.74, 6) is -2.63. The van der Waals surface area contributed by atoms with Crippen LogP contribution in [0, 0.1) is 5.95 Å². The number of rotatable bonds is 3. The van der Waals surface area contributed by atoms with Crippen LogP contribution in [-0.4, -0.2) is 20.6 Å². The van der Waals surface area contributed by atoms with Crippen LogP contribution >= 0.6 is 11.3 Å². The van der Waals surface area contributed by atoms with E-state index in [9.17, 15) is 14.0 Å². The Labute approximate surface area is 121 Å². The molecule has 0 atom stereocenters. The number of hydrogen-bond acceptors (Lipinski definition) is 4. The summed E-state index contributed by atoms with van der Waals surface area (Å²) in [4.78, 5) is 27.3. The molecule has 0 saturated heterocycles. The Kier molecular flexibility index (Phi) is 3.26. The van der Waals surface area contributed by atoms with Crippen molar-refractivity contribution in [2.24, 2.45) is 0 Å². The minimum atomic E-state index is -1.57. The Hall–Kier alpha value is -2.54. The molecule has 0 radical (unpaired) electrons. The maximum atomic E-state index is 14.5. The molecule has 0 aliphatic heterocycles. The third-order valence-corrected chi connectivity index (χ3v) is 3.76. The van der Waals surface area contributed by atoms with Crippen molar-refractivity contribution in [1.29, 1.82) is 0 Å². The summed E-state index contributed by atoms with van der Waals surface area (Å²) < 4.78 is 15.6. The number of halogens is 1. The van der Waals surface area contributed by atoms with Crippen molar-refractivity contribution in [2.45, 2.75) is 6.54 Å². The first-order valence-corrected chi connectivity index (χ1v) is 6.95. The predicted octanol–water partition coefficient (Wildman–Crippen LogP) is 2.34. The van der Waals surface area contributed by atoms with Crippen LogP contribution in [0.4, 0.5) is 4.39 Å². The Bertz CT molecular complexity index is 887. The molecular formula is C14H9FN2O3S. The first kappa shape index (κ1) is 13.4. The molecule has 0 aliphatic carbocycles. The molecule has 0 amide bonds. The fraction of sp³-hybridized carbons (Fsp3) is 0.0714. The molecule has 3 aromatic rings. The fourth-order valence-corrected chi connectivity index (χ4v) is 2.74. The van der Waals surface area contributed by atoms with Crippen molar-refractivity contribution < 1.29 is 14.3 Å². The van der Waals surface area contributed by atoms with Gasteiger partial charge in [-0.3, -0.25) is 4.79 Å². The molecule has 1 aromatic carbocycles. The van der Waals surface area contributed by atoms with E-state index in [-0.39, 0.29) is 11.9 Å². The number of fused-ring (bicyclic) bond motifs is 1. The first-order chi connectivity index (χ1) is 10.1. The summed E-state index contributed by atoms with van der Waals surface area (Å²) in [5, 5.41) is 11.0. The summed E-state index contributed by atoms with van der Waals surface area (Å²) in [5.41, 5.74) is 0.895. The molecule has 0 spiro atoms. The summed E-state index contributed by atoms with van der Waals surface area (Å²) in [6, 6.07) is 6.35. The summed E-state index contributed by atoms with van der Waals surface area (Å²) >= 11 is 1.36. The van der Waals surface area contributed by atoms with Gasteiger partial charge in [-0.2, -0.15) is 4.39 Å². The normalized spacial score (nSPS) is 10.9. The van der Waals surface area contributed by atoms with Crippen LogP contribution < -0.4 is 5.43 Å². The lowest BCUT2D eigenvalue weighted by Crippen LogP contribution is -2.23. The van der Waals surface area contributed by atoms with E-state index in [2.05, 4.69) is 4.98 Å². The van der Waals surface area contributed by atoms with Gasteiger partial charge in [0.15, 0.2) is 5.56 Å². The van der Waals surface area contributed by atoms with Gasteiger partial charge >= 0.3 is 5.97 Å². The van der Waals surface area contributed by atoms with Crippen LogP contribution in [0.15, 0.2) is 40.0 Å². The van der Waals surface area contributed by atoms with E-state index in [1.54, 1.807) is 29.1 Å². The Morgan fingerprint density at radius 3 is 2.81 bits per heavy atom. The van der Waals surface area contributed by atoms with Crippen LogP contribution in [0.3, 0.4) is 0 Å². The molecular weight excluding hydrogens is 295 g/mol. The van der Waals surface area contributed by atoms with Gasteiger partial charge in [0.05, 0.1) is 23.3 Å². The zero-order valence-corrected chi connectivity index (χ0v) is 11.4. The van der Waals surface area contributed by atoms with E-state index >= 15 is 0 Å². The average Bonchev–Trinajstić information content (AvgIpc) is 2.96. The molecule has 7 heteroatoms. The number of nitrogens with zero attached hydrogens (tertiary/aromatic N) is 2. The maximum Gasteiger partial charge on any atom is 0.344 e. The number of para-hydroxylation sites is 1. The molecule has 21 heavy (non-hydrogen) atoms. The number of carboxylic acids is 1. The number of carboxylic acid groups (broad SMARTS) is 1. The highest BCUT2D eigenvalue weighted by Gasteiger charge is 2.22. The van der Waals surface area contributed by atoms with Crippen molar-refractivity contribution in [2.75, 3.05) is 0 Å². The Morgan fingerprint density at radius 1 is 1.38 bits per heavy atom. The van der Waals surface area contributed by atoms with Crippen LogP contribution in [0.25, 0.3) is 10.9 Å². The number of hydrogen-bond donors (Lipinski definition) is 1. The molecule has 1 N–H and O–H groups in total. The van der Waals surface area contributed by atoms with Gasteiger partial charge in [0.1, 0.15) is 0 Å². The second-order valence-electron chi connectivity index (χ2n) is 4.38. The van der Waals surface area contributed by atoms with Gasteiger partial charge in [-0.15, -0.1) is 11.3 Å².